The largest absolute Gasteiger partial charge is 0.335 e. The highest BCUT2D eigenvalue weighted by Gasteiger charge is 2.24. The van der Waals surface area contributed by atoms with Crippen LogP contribution in [-0.2, 0) is 4.79 Å². The molecule has 0 unspecified atom stereocenters. The van der Waals surface area contributed by atoms with Crippen LogP contribution in [0.2, 0.25) is 0 Å². The van der Waals surface area contributed by atoms with Crippen LogP contribution in [0.3, 0.4) is 0 Å². The normalized spacial score (nSPS) is 16.0. The molecule has 1 amide bonds. The maximum absolute atomic E-state index is 12.1. The van der Waals surface area contributed by atoms with Gasteiger partial charge in [-0.2, -0.15) is 0 Å². The third-order valence-electron chi connectivity index (χ3n) is 2.70. The molecule has 92 valence electrons. The Balaban J connectivity index is 0.00000225. The van der Waals surface area contributed by atoms with Crippen LogP contribution in [0.1, 0.15) is 12.8 Å². The van der Waals surface area contributed by atoms with Crippen molar-refractivity contribution < 1.29 is 4.79 Å². The Hall–Kier alpha value is -0.800. The number of halogens is 1. The zero-order chi connectivity index (χ0) is 11.1. The molecule has 0 bridgehead atoms. The quantitative estimate of drug-likeness (QED) is 0.746. The van der Waals surface area contributed by atoms with E-state index < -0.39 is 0 Å². The molecule has 0 aromatic heterocycles. The molecule has 1 aliphatic rings. The lowest BCUT2D eigenvalue weighted by Gasteiger charge is -2.28. The van der Waals surface area contributed by atoms with E-state index in [9.17, 15) is 4.79 Å². The van der Waals surface area contributed by atoms with Crippen LogP contribution < -0.4 is 5.32 Å². The van der Waals surface area contributed by atoms with Crippen LogP contribution >= 0.6 is 12.4 Å². The lowest BCUT2D eigenvalue weighted by Crippen LogP contribution is -2.41. The van der Waals surface area contributed by atoms with Gasteiger partial charge in [0.05, 0.1) is 0 Å². The number of piperidine rings is 1. The molecule has 0 radical (unpaired) electrons. The topological polar surface area (TPSA) is 32.3 Å². The van der Waals surface area contributed by atoms with Gasteiger partial charge in [-0.1, -0.05) is 12.2 Å². The van der Waals surface area contributed by atoms with E-state index in [4.69, 9.17) is 0 Å². The summed E-state index contributed by atoms with van der Waals surface area (Å²) in [6, 6.07) is 0. The summed E-state index contributed by atoms with van der Waals surface area (Å²) in [5, 5.41) is 3.26. The molecular weight excluding hydrogens is 224 g/mol. The van der Waals surface area contributed by atoms with Crippen molar-refractivity contribution >= 4 is 18.3 Å². The zero-order valence-electron chi connectivity index (χ0n) is 9.65. The number of hydrogen-bond acceptors (Lipinski definition) is 2. The van der Waals surface area contributed by atoms with Crippen molar-refractivity contribution in [3.8, 4) is 0 Å². The van der Waals surface area contributed by atoms with Gasteiger partial charge in [-0.15, -0.1) is 25.6 Å². The summed E-state index contributed by atoms with van der Waals surface area (Å²) in [5.41, 5.74) is 0. The van der Waals surface area contributed by atoms with Gasteiger partial charge in [0.1, 0.15) is 0 Å². The van der Waals surface area contributed by atoms with Gasteiger partial charge in [0.15, 0.2) is 0 Å². The van der Waals surface area contributed by atoms with E-state index in [0.29, 0.717) is 13.1 Å². The maximum atomic E-state index is 12.1. The molecule has 4 heteroatoms. The predicted molar refractivity (Wildman–Crippen MR) is 69.8 cm³/mol. The van der Waals surface area contributed by atoms with Crippen LogP contribution in [0, 0.1) is 5.92 Å². The summed E-state index contributed by atoms with van der Waals surface area (Å²) in [7, 11) is 0. The van der Waals surface area contributed by atoms with E-state index >= 15 is 0 Å². The second-order valence-electron chi connectivity index (χ2n) is 3.84. The van der Waals surface area contributed by atoms with E-state index in [0.717, 1.165) is 25.9 Å². The summed E-state index contributed by atoms with van der Waals surface area (Å²) in [4.78, 5) is 13.9. The van der Waals surface area contributed by atoms with Crippen molar-refractivity contribution in [2.24, 2.45) is 5.92 Å². The number of carbonyl (C=O) groups is 1. The average molecular weight is 245 g/mol. The predicted octanol–water partition coefficient (Wildman–Crippen LogP) is 1.61. The van der Waals surface area contributed by atoms with E-state index in [2.05, 4.69) is 18.5 Å². The molecule has 1 rings (SSSR count). The average Bonchev–Trinajstić information content (AvgIpc) is 2.29. The lowest BCUT2D eigenvalue weighted by molar-refractivity contribution is -0.135. The van der Waals surface area contributed by atoms with Crippen molar-refractivity contribution in [2.75, 3.05) is 26.2 Å². The minimum atomic E-state index is 0. The fourth-order valence-electron chi connectivity index (χ4n) is 1.89. The van der Waals surface area contributed by atoms with Gasteiger partial charge in [-0.25, -0.2) is 0 Å². The van der Waals surface area contributed by atoms with Crippen molar-refractivity contribution in [3.63, 3.8) is 0 Å². The first-order valence-corrected chi connectivity index (χ1v) is 5.51. The van der Waals surface area contributed by atoms with E-state index in [-0.39, 0.29) is 24.2 Å². The third kappa shape index (κ3) is 4.37. The van der Waals surface area contributed by atoms with Crippen LogP contribution in [0.4, 0.5) is 0 Å². The molecule has 0 aromatic rings. The fourth-order valence-corrected chi connectivity index (χ4v) is 1.89. The molecule has 0 atom stereocenters. The second kappa shape index (κ2) is 8.36. The Morgan fingerprint density at radius 1 is 1.25 bits per heavy atom. The summed E-state index contributed by atoms with van der Waals surface area (Å²) < 4.78 is 0. The van der Waals surface area contributed by atoms with Crippen LogP contribution in [-0.4, -0.2) is 37.0 Å². The summed E-state index contributed by atoms with van der Waals surface area (Å²) in [5.74, 6) is 0.433. The van der Waals surface area contributed by atoms with Gasteiger partial charge >= 0.3 is 0 Å². The first-order chi connectivity index (χ1) is 7.29. The summed E-state index contributed by atoms with van der Waals surface area (Å²) in [6.07, 6.45) is 5.43. The van der Waals surface area contributed by atoms with E-state index in [1.54, 1.807) is 12.2 Å². The monoisotopic (exact) mass is 244 g/mol. The van der Waals surface area contributed by atoms with Gasteiger partial charge in [-0.3, -0.25) is 4.79 Å². The van der Waals surface area contributed by atoms with Crippen molar-refractivity contribution in [2.45, 2.75) is 12.8 Å². The molecule has 1 heterocycles. The third-order valence-corrected chi connectivity index (χ3v) is 2.70. The van der Waals surface area contributed by atoms with Gasteiger partial charge in [-0.05, 0) is 25.9 Å². The Labute approximate surface area is 104 Å². The van der Waals surface area contributed by atoms with Crippen LogP contribution in [0.25, 0.3) is 0 Å². The molecule has 0 spiro atoms. The Morgan fingerprint density at radius 3 is 2.19 bits per heavy atom. The molecule has 1 saturated heterocycles. The van der Waals surface area contributed by atoms with Gasteiger partial charge in [0, 0.05) is 19.0 Å². The van der Waals surface area contributed by atoms with Gasteiger partial charge < -0.3 is 10.2 Å². The van der Waals surface area contributed by atoms with Crippen molar-refractivity contribution in [1.82, 2.24) is 10.2 Å². The number of rotatable bonds is 5. The summed E-state index contributed by atoms with van der Waals surface area (Å²) in [6.45, 7) is 10.5. The minimum absolute atomic E-state index is 0. The Morgan fingerprint density at radius 2 is 1.75 bits per heavy atom. The SMILES string of the molecule is C=CCN(CC=C)C(=O)C1CCNCC1.Cl. The molecule has 1 aliphatic heterocycles. The molecule has 3 nitrogen and oxygen atoms in total. The van der Waals surface area contributed by atoms with Crippen LogP contribution in [0.5, 0.6) is 0 Å². The molecule has 16 heavy (non-hydrogen) atoms. The minimum Gasteiger partial charge on any atom is -0.335 e. The fraction of sp³-hybridized carbons (Fsp3) is 0.583. The standard InChI is InChI=1S/C12H20N2O.ClH/c1-3-9-14(10-4-2)12(15)11-5-7-13-8-6-11;/h3-4,11,13H,1-2,5-10H2;1H. The second-order valence-corrected chi connectivity index (χ2v) is 3.84. The van der Waals surface area contributed by atoms with E-state index in [1.165, 1.54) is 0 Å². The van der Waals surface area contributed by atoms with Crippen LogP contribution in [0.15, 0.2) is 25.3 Å². The molecular formula is C12H21ClN2O. The van der Waals surface area contributed by atoms with Crippen molar-refractivity contribution in [1.29, 1.82) is 0 Å². The van der Waals surface area contributed by atoms with Crippen molar-refractivity contribution in [3.05, 3.63) is 25.3 Å². The first kappa shape index (κ1) is 15.2. The number of carbonyl (C=O) groups excluding carboxylic acids is 1. The highest BCUT2D eigenvalue weighted by atomic mass is 35.5. The maximum Gasteiger partial charge on any atom is 0.226 e. The Bertz CT molecular complexity index is 227. The molecule has 0 saturated carbocycles. The summed E-state index contributed by atoms with van der Waals surface area (Å²) >= 11 is 0. The Kier molecular flexibility index (Phi) is 7.95. The van der Waals surface area contributed by atoms with E-state index in [1.807, 2.05) is 4.90 Å². The number of nitrogens with zero attached hydrogens (tertiary/aromatic N) is 1. The number of amides is 1. The molecule has 0 aliphatic carbocycles. The highest BCUT2D eigenvalue weighted by Crippen LogP contribution is 2.15. The molecule has 0 aromatic carbocycles. The molecule has 1 N–H and O–H groups in total. The number of hydrogen-bond donors (Lipinski definition) is 1. The highest BCUT2D eigenvalue weighted by molar-refractivity contribution is 5.85. The number of nitrogens with one attached hydrogen (secondary N) is 1. The van der Waals surface area contributed by atoms with Gasteiger partial charge in [0.25, 0.3) is 0 Å². The first-order valence-electron chi connectivity index (χ1n) is 5.51. The lowest BCUT2D eigenvalue weighted by atomic mass is 9.96. The zero-order valence-corrected chi connectivity index (χ0v) is 10.5. The smallest absolute Gasteiger partial charge is 0.226 e. The van der Waals surface area contributed by atoms with Gasteiger partial charge in [0.2, 0.25) is 5.91 Å². The molecule has 1 fully saturated rings.